The zero-order valence-corrected chi connectivity index (χ0v) is 12.6. The van der Waals surface area contributed by atoms with E-state index in [9.17, 15) is 9.90 Å². The second kappa shape index (κ2) is 8.63. The summed E-state index contributed by atoms with van der Waals surface area (Å²) in [4.78, 5) is 11.9. The van der Waals surface area contributed by atoms with Gasteiger partial charge in [-0.25, -0.2) is 0 Å². The molecule has 0 aromatic heterocycles. The third-order valence-electron chi connectivity index (χ3n) is 4.96. The van der Waals surface area contributed by atoms with Gasteiger partial charge in [-0.15, -0.1) is 0 Å². The first-order valence-electron chi connectivity index (χ1n) is 8.40. The first-order chi connectivity index (χ1) is 9.79. The van der Waals surface area contributed by atoms with E-state index >= 15 is 0 Å². The molecule has 0 spiro atoms. The van der Waals surface area contributed by atoms with Crippen molar-refractivity contribution in [1.29, 1.82) is 0 Å². The molecule has 0 heterocycles. The lowest BCUT2D eigenvalue weighted by molar-refractivity contribution is -0.121. The van der Waals surface area contributed by atoms with E-state index in [0.717, 1.165) is 25.8 Å². The molecule has 0 radical (unpaired) electrons. The third-order valence-corrected chi connectivity index (χ3v) is 4.96. The second-order valence-corrected chi connectivity index (χ2v) is 6.52. The van der Waals surface area contributed by atoms with Crippen LogP contribution < -0.4 is 10.6 Å². The van der Waals surface area contributed by atoms with Crippen LogP contribution in [0.5, 0.6) is 0 Å². The normalized spacial score (nSPS) is 28.2. The van der Waals surface area contributed by atoms with Crippen LogP contribution in [0.1, 0.15) is 57.8 Å². The number of hydrogen-bond donors (Lipinski definition) is 3. The van der Waals surface area contributed by atoms with Crippen molar-refractivity contribution < 1.29 is 9.90 Å². The molecular weight excluding hydrogens is 252 g/mol. The summed E-state index contributed by atoms with van der Waals surface area (Å²) in [6.45, 7) is 1.58. The van der Waals surface area contributed by atoms with Crippen molar-refractivity contribution in [3.63, 3.8) is 0 Å². The fraction of sp³-hybridized carbons (Fsp3) is 0.938. The molecule has 2 atom stereocenters. The number of nitrogens with one attached hydrogen (secondary N) is 2. The maximum Gasteiger partial charge on any atom is 0.234 e. The Morgan fingerprint density at radius 3 is 2.30 bits per heavy atom. The number of carbonyl (C=O) groups excluding carboxylic acids is 1. The van der Waals surface area contributed by atoms with Crippen LogP contribution >= 0.6 is 0 Å². The molecule has 2 fully saturated rings. The summed E-state index contributed by atoms with van der Waals surface area (Å²) >= 11 is 0. The molecule has 20 heavy (non-hydrogen) atoms. The Morgan fingerprint density at radius 2 is 1.60 bits per heavy atom. The highest BCUT2D eigenvalue weighted by Crippen LogP contribution is 2.28. The van der Waals surface area contributed by atoms with Crippen molar-refractivity contribution in [3.05, 3.63) is 0 Å². The molecule has 0 aliphatic heterocycles. The van der Waals surface area contributed by atoms with Gasteiger partial charge in [-0.1, -0.05) is 32.1 Å². The maximum atomic E-state index is 11.9. The van der Waals surface area contributed by atoms with E-state index in [2.05, 4.69) is 10.6 Å². The number of rotatable bonds is 6. The summed E-state index contributed by atoms with van der Waals surface area (Å²) in [6, 6.07) is 0.401. The minimum atomic E-state index is 0.133. The topological polar surface area (TPSA) is 61.4 Å². The molecule has 2 rings (SSSR count). The molecule has 2 aliphatic rings. The van der Waals surface area contributed by atoms with Gasteiger partial charge in [0.1, 0.15) is 0 Å². The highest BCUT2D eigenvalue weighted by molar-refractivity contribution is 5.78. The van der Waals surface area contributed by atoms with E-state index in [1.165, 1.54) is 38.5 Å². The van der Waals surface area contributed by atoms with Crippen LogP contribution in [0.15, 0.2) is 0 Å². The SMILES string of the molecule is O=C(CNCC1CCCCC1CO)NC1CCCCC1. The van der Waals surface area contributed by atoms with Gasteiger partial charge in [-0.3, -0.25) is 4.79 Å². The zero-order chi connectivity index (χ0) is 14.2. The Labute approximate surface area is 122 Å². The Bertz CT molecular complexity index is 290. The van der Waals surface area contributed by atoms with Crippen molar-refractivity contribution in [3.8, 4) is 0 Å². The average Bonchev–Trinajstić information content (AvgIpc) is 2.49. The molecule has 116 valence electrons. The summed E-state index contributed by atoms with van der Waals surface area (Å²) in [6.07, 6.45) is 10.9. The summed E-state index contributed by atoms with van der Waals surface area (Å²) < 4.78 is 0. The quantitative estimate of drug-likeness (QED) is 0.696. The predicted molar refractivity (Wildman–Crippen MR) is 80.4 cm³/mol. The van der Waals surface area contributed by atoms with Crippen LogP contribution in [0.25, 0.3) is 0 Å². The van der Waals surface area contributed by atoms with Crippen molar-refractivity contribution in [1.82, 2.24) is 10.6 Å². The van der Waals surface area contributed by atoms with Gasteiger partial charge in [-0.05, 0) is 44.1 Å². The van der Waals surface area contributed by atoms with Crippen LogP contribution in [0.2, 0.25) is 0 Å². The van der Waals surface area contributed by atoms with Gasteiger partial charge in [-0.2, -0.15) is 0 Å². The molecule has 4 heteroatoms. The van der Waals surface area contributed by atoms with Crippen molar-refractivity contribution in [2.75, 3.05) is 19.7 Å². The van der Waals surface area contributed by atoms with Crippen LogP contribution in [-0.2, 0) is 4.79 Å². The second-order valence-electron chi connectivity index (χ2n) is 6.52. The first kappa shape index (κ1) is 15.8. The molecule has 0 bridgehead atoms. The monoisotopic (exact) mass is 282 g/mol. The Hall–Kier alpha value is -0.610. The lowest BCUT2D eigenvalue weighted by atomic mass is 9.79. The van der Waals surface area contributed by atoms with Gasteiger partial charge in [0.2, 0.25) is 5.91 Å². The van der Waals surface area contributed by atoms with E-state index in [0.29, 0.717) is 31.0 Å². The highest BCUT2D eigenvalue weighted by Gasteiger charge is 2.24. The van der Waals surface area contributed by atoms with Crippen molar-refractivity contribution in [2.24, 2.45) is 11.8 Å². The molecular formula is C16H30N2O2. The smallest absolute Gasteiger partial charge is 0.234 e. The zero-order valence-electron chi connectivity index (χ0n) is 12.6. The minimum Gasteiger partial charge on any atom is -0.396 e. The van der Waals surface area contributed by atoms with E-state index in [4.69, 9.17) is 0 Å². The Balaban J connectivity index is 1.60. The molecule has 0 aromatic rings. The first-order valence-corrected chi connectivity index (χ1v) is 8.40. The van der Waals surface area contributed by atoms with Crippen LogP contribution in [0, 0.1) is 11.8 Å². The summed E-state index contributed by atoms with van der Waals surface area (Å²) in [5, 5.41) is 15.8. The summed E-state index contributed by atoms with van der Waals surface area (Å²) in [5.41, 5.74) is 0. The Morgan fingerprint density at radius 1 is 0.950 bits per heavy atom. The summed E-state index contributed by atoms with van der Waals surface area (Å²) in [7, 11) is 0. The van der Waals surface area contributed by atoms with E-state index in [1.54, 1.807) is 0 Å². The van der Waals surface area contributed by atoms with Crippen LogP contribution in [0.3, 0.4) is 0 Å². The van der Waals surface area contributed by atoms with E-state index in [-0.39, 0.29) is 5.91 Å². The molecule has 2 aliphatic carbocycles. The van der Waals surface area contributed by atoms with E-state index < -0.39 is 0 Å². The number of carbonyl (C=O) groups is 1. The number of aliphatic hydroxyl groups is 1. The standard InChI is InChI=1S/C16H30N2O2/c19-12-14-7-5-4-6-13(14)10-17-11-16(20)18-15-8-2-1-3-9-15/h13-15,17,19H,1-12H2,(H,18,20). The number of amides is 1. The molecule has 4 nitrogen and oxygen atoms in total. The largest absolute Gasteiger partial charge is 0.396 e. The fourth-order valence-corrected chi connectivity index (χ4v) is 3.69. The lowest BCUT2D eigenvalue weighted by Crippen LogP contribution is -2.43. The predicted octanol–water partition coefficient (Wildman–Crippen LogP) is 1.82. The van der Waals surface area contributed by atoms with Gasteiger partial charge in [0, 0.05) is 12.6 Å². The molecule has 0 saturated heterocycles. The fourth-order valence-electron chi connectivity index (χ4n) is 3.69. The highest BCUT2D eigenvalue weighted by atomic mass is 16.3. The Kier molecular flexibility index (Phi) is 6.80. The maximum absolute atomic E-state index is 11.9. The minimum absolute atomic E-state index is 0.133. The van der Waals surface area contributed by atoms with Crippen molar-refractivity contribution in [2.45, 2.75) is 63.8 Å². The van der Waals surface area contributed by atoms with Gasteiger partial charge < -0.3 is 15.7 Å². The van der Waals surface area contributed by atoms with Gasteiger partial charge in [0.25, 0.3) is 0 Å². The third kappa shape index (κ3) is 5.06. The van der Waals surface area contributed by atoms with Gasteiger partial charge in [0.05, 0.1) is 6.54 Å². The molecule has 1 amide bonds. The van der Waals surface area contributed by atoms with Crippen LogP contribution in [0.4, 0.5) is 0 Å². The lowest BCUT2D eigenvalue weighted by Gasteiger charge is -2.30. The molecule has 3 N–H and O–H groups in total. The van der Waals surface area contributed by atoms with Gasteiger partial charge in [0.15, 0.2) is 0 Å². The number of hydrogen-bond acceptors (Lipinski definition) is 3. The molecule has 0 aromatic carbocycles. The number of aliphatic hydroxyl groups excluding tert-OH is 1. The summed E-state index contributed by atoms with van der Waals surface area (Å²) in [5.74, 6) is 1.10. The van der Waals surface area contributed by atoms with Crippen molar-refractivity contribution >= 4 is 5.91 Å². The average molecular weight is 282 g/mol. The molecule has 2 unspecified atom stereocenters. The van der Waals surface area contributed by atoms with E-state index in [1.807, 2.05) is 0 Å². The van der Waals surface area contributed by atoms with Gasteiger partial charge >= 0.3 is 0 Å². The van der Waals surface area contributed by atoms with Crippen LogP contribution in [-0.4, -0.2) is 36.8 Å². The molecule has 2 saturated carbocycles.